The first-order valence-electron chi connectivity index (χ1n) is 8.08. The monoisotopic (exact) mass is 314 g/mol. The van der Waals surface area contributed by atoms with Crippen LogP contribution in [0.25, 0.3) is 0 Å². The maximum absolute atomic E-state index is 13.0. The molecule has 122 valence electrons. The third kappa shape index (κ3) is 3.74. The molecule has 0 aromatic heterocycles. The summed E-state index contributed by atoms with van der Waals surface area (Å²) in [5, 5.41) is 2.97. The molecule has 1 rings (SSSR count). The van der Waals surface area contributed by atoms with Gasteiger partial charge in [0.05, 0.1) is 0 Å². The Kier molecular flexibility index (Phi) is 6.57. The molecule has 0 aliphatic carbocycles. The summed E-state index contributed by atoms with van der Waals surface area (Å²) in [7, 11) is 0. The Morgan fingerprint density at radius 2 is 1.76 bits per heavy atom. The van der Waals surface area contributed by atoms with Gasteiger partial charge in [-0.25, -0.2) is 0 Å². The molecule has 0 atom stereocenters. The third-order valence-corrected chi connectivity index (χ3v) is 6.66. The van der Waals surface area contributed by atoms with Gasteiger partial charge in [0, 0.05) is 24.3 Å². The van der Waals surface area contributed by atoms with Crippen molar-refractivity contribution in [2.45, 2.75) is 70.1 Å². The minimum atomic E-state index is -0.709. The Hall–Kier alpha value is -0.710. The van der Waals surface area contributed by atoms with Crippen LogP contribution < -0.4 is 5.32 Å². The van der Waals surface area contributed by atoms with Crippen LogP contribution in [-0.2, 0) is 9.59 Å². The molecule has 0 spiro atoms. The van der Waals surface area contributed by atoms with Gasteiger partial charge in [-0.1, -0.05) is 27.7 Å². The lowest BCUT2D eigenvalue weighted by Crippen LogP contribution is -2.58. The van der Waals surface area contributed by atoms with E-state index in [0.717, 1.165) is 19.4 Å². The van der Waals surface area contributed by atoms with E-state index in [1.165, 1.54) is 0 Å². The second kappa shape index (κ2) is 7.52. The van der Waals surface area contributed by atoms with Crippen LogP contribution in [0, 0.1) is 0 Å². The number of hydrogen-bond acceptors (Lipinski definition) is 3. The first kappa shape index (κ1) is 18.3. The summed E-state index contributed by atoms with van der Waals surface area (Å²) in [6, 6.07) is 0. The summed E-state index contributed by atoms with van der Waals surface area (Å²) in [6.07, 6.45) is 5.88. The predicted molar refractivity (Wildman–Crippen MR) is 89.5 cm³/mol. The van der Waals surface area contributed by atoms with E-state index in [0.29, 0.717) is 25.8 Å². The molecule has 5 heteroatoms. The van der Waals surface area contributed by atoms with Crippen molar-refractivity contribution in [1.82, 2.24) is 10.2 Å². The Morgan fingerprint density at radius 1 is 1.19 bits per heavy atom. The van der Waals surface area contributed by atoms with Crippen molar-refractivity contribution in [2.75, 3.05) is 19.3 Å². The summed E-state index contributed by atoms with van der Waals surface area (Å²) < 4.78 is 0.0935. The highest BCUT2D eigenvalue weighted by Crippen LogP contribution is 2.33. The van der Waals surface area contributed by atoms with E-state index in [-0.39, 0.29) is 16.6 Å². The fourth-order valence-corrected chi connectivity index (χ4v) is 3.94. The molecule has 1 saturated heterocycles. The summed E-state index contributed by atoms with van der Waals surface area (Å²) >= 11 is 1.84. The van der Waals surface area contributed by atoms with E-state index in [1.54, 1.807) is 0 Å². The highest BCUT2D eigenvalue weighted by molar-refractivity contribution is 8.00. The van der Waals surface area contributed by atoms with Gasteiger partial charge in [0.15, 0.2) is 0 Å². The van der Waals surface area contributed by atoms with Crippen molar-refractivity contribution < 1.29 is 9.59 Å². The molecule has 1 fully saturated rings. The van der Waals surface area contributed by atoms with Crippen molar-refractivity contribution >= 4 is 23.6 Å². The van der Waals surface area contributed by atoms with Crippen molar-refractivity contribution in [3.05, 3.63) is 0 Å². The number of nitrogens with zero attached hydrogens (tertiary/aromatic N) is 1. The summed E-state index contributed by atoms with van der Waals surface area (Å²) in [6.45, 7) is 9.59. The summed E-state index contributed by atoms with van der Waals surface area (Å²) in [5.41, 5.74) is -0.709. The number of rotatable bonds is 7. The number of thioether (sulfide) groups is 1. The Labute approximate surface area is 133 Å². The van der Waals surface area contributed by atoms with Gasteiger partial charge in [-0.15, -0.1) is 0 Å². The van der Waals surface area contributed by atoms with Crippen LogP contribution in [0.3, 0.4) is 0 Å². The minimum Gasteiger partial charge on any atom is -0.342 e. The van der Waals surface area contributed by atoms with Gasteiger partial charge in [0.2, 0.25) is 11.8 Å². The van der Waals surface area contributed by atoms with Crippen LogP contribution in [0.4, 0.5) is 0 Å². The molecule has 0 saturated carbocycles. The van der Waals surface area contributed by atoms with Gasteiger partial charge in [0.1, 0.15) is 5.54 Å². The van der Waals surface area contributed by atoms with E-state index in [4.69, 9.17) is 0 Å². The summed E-state index contributed by atoms with van der Waals surface area (Å²) in [4.78, 5) is 26.9. The molecule has 0 aromatic rings. The van der Waals surface area contributed by atoms with E-state index in [2.05, 4.69) is 25.4 Å². The number of carbonyl (C=O) groups is 2. The van der Waals surface area contributed by atoms with Crippen molar-refractivity contribution in [2.24, 2.45) is 0 Å². The lowest BCUT2D eigenvalue weighted by atomic mass is 9.90. The molecule has 0 unspecified atom stereocenters. The number of amides is 2. The van der Waals surface area contributed by atoms with Gasteiger partial charge in [0.25, 0.3) is 0 Å². The minimum absolute atomic E-state index is 0.00250. The standard InChI is InChI=1S/C16H30N2O2S/c1-6-15(7-2,21-5)12-18-11-10-13(19)17-16(8-3,9-4)14(18)20/h6-12H2,1-5H3,(H,17,19). The van der Waals surface area contributed by atoms with Gasteiger partial charge < -0.3 is 10.2 Å². The van der Waals surface area contributed by atoms with Crippen molar-refractivity contribution in [3.63, 3.8) is 0 Å². The second-order valence-electron chi connectivity index (χ2n) is 5.91. The highest BCUT2D eigenvalue weighted by atomic mass is 32.2. The fraction of sp³-hybridized carbons (Fsp3) is 0.875. The molecular weight excluding hydrogens is 284 g/mol. The van der Waals surface area contributed by atoms with E-state index in [9.17, 15) is 9.59 Å². The number of hydrogen-bond donors (Lipinski definition) is 1. The topological polar surface area (TPSA) is 49.4 Å². The molecule has 2 amide bonds. The molecule has 0 aromatic carbocycles. The normalized spacial score (nSPS) is 19.4. The lowest BCUT2D eigenvalue weighted by molar-refractivity contribution is -0.139. The first-order chi connectivity index (χ1) is 9.92. The van der Waals surface area contributed by atoms with Crippen LogP contribution in [-0.4, -0.2) is 46.3 Å². The third-order valence-electron chi connectivity index (χ3n) is 5.09. The van der Waals surface area contributed by atoms with Gasteiger partial charge in [-0.3, -0.25) is 9.59 Å². The van der Waals surface area contributed by atoms with Crippen LogP contribution in [0.5, 0.6) is 0 Å². The van der Waals surface area contributed by atoms with Gasteiger partial charge in [-0.05, 0) is 31.9 Å². The molecule has 21 heavy (non-hydrogen) atoms. The zero-order chi connectivity index (χ0) is 16.1. The zero-order valence-corrected chi connectivity index (χ0v) is 14.9. The highest BCUT2D eigenvalue weighted by Gasteiger charge is 2.43. The van der Waals surface area contributed by atoms with Gasteiger partial charge in [-0.2, -0.15) is 11.8 Å². The van der Waals surface area contributed by atoms with Crippen molar-refractivity contribution in [3.8, 4) is 0 Å². The van der Waals surface area contributed by atoms with E-state index >= 15 is 0 Å². The quantitative estimate of drug-likeness (QED) is 0.786. The largest absolute Gasteiger partial charge is 0.342 e. The van der Waals surface area contributed by atoms with Crippen LogP contribution in [0.1, 0.15) is 59.8 Å². The molecule has 1 aliphatic rings. The van der Waals surface area contributed by atoms with E-state index in [1.807, 2.05) is 30.5 Å². The molecule has 1 N–H and O–H groups in total. The van der Waals surface area contributed by atoms with E-state index < -0.39 is 5.54 Å². The molecule has 1 heterocycles. The SMILES string of the molecule is CCC(CC)(CN1CCC(=O)NC(CC)(CC)C1=O)SC. The lowest BCUT2D eigenvalue weighted by Gasteiger charge is -2.39. The van der Waals surface area contributed by atoms with Crippen molar-refractivity contribution in [1.29, 1.82) is 0 Å². The van der Waals surface area contributed by atoms with Crippen LogP contribution in [0.15, 0.2) is 0 Å². The first-order valence-corrected chi connectivity index (χ1v) is 9.30. The molecule has 0 radical (unpaired) electrons. The average Bonchev–Trinajstić information content (AvgIpc) is 2.63. The van der Waals surface area contributed by atoms with Crippen LogP contribution >= 0.6 is 11.8 Å². The maximum Gasteiger partial charge on any atom is 0.248 e. The smallest absolute Gasteiger partial charge is 0.248 e. The maximum atomic E-state index is 13.0. The average molecular weight is 314 g/mol. The molecule has 0 bridgehead atoms. The molecular formula is C16H30N2O2S. The molecule has 4 nitrogen and oxygen atoms in total. The second-order valence-corrected chi connectivity index (χ2v) is 7.18. The number of nitrogens with one attached hydrogen (secondary N) is 1. The zero-order valence-electron chi connectivity index (χ0n) is 14.1. The number of carbonyl (C=O) groups excluding carboxylic acids is 2. The van der Waals surface area contributed by atoms with Crippen LogP contribution in [0.2, 0.25) is 0 Å². The Bertz CT molecular complexity index is 368. The Balaban J connectivity index is 3.05. The van der Waals surface area contributed by atoms with Gasteiger partial charge >= 0.3 is 0 Å². The molecule has 1 aliphatic heterocycles. The Morgan fingerprint density at radius 3 is 2.19 bits per heavy atom. The summed E-state index contributed by atoms with van der Waals surface area (Å²) in [5.74, 6) is 0.0935. The predicted octanol–water partition coefficient (Wildman–Crippen LogP) is 2.82. The fourth-order valence-electron chi connectivity index (χ4n) is 3.08.